The van der Waals surface area contributed by atoms with Crippen molar-refractivity contribution in [3.05, 3.63) is 70.5 Å². The maximum absolute atomic E-state index is 14.3. The molecule has 9 nitrogen and oxygen atoms in total. The number of pyridine rings is 1. The Balaban J connectivity index is 1.25. The quantitative estimate of drug-likeness (QED) is 0.495. The summed E-state index contributed by atoms with van der Waals surface area (Å²) in [5.41, 5.74) is 1.21. The first-order valence-corrected chi connectivity index (χ1v) is 12.7. The molecular formula is C27H32FN5O4. The number of morpholine rings is 1. The molecule has 0 radical (unpaired) electrons. The summed E-state index contributed by atoms with van der Waals surface area (Å²) < 4.78 is 27.6. The fourth-order valence-corrected chi connectivity index (χ4v) is 4.85. The fraction of sp³-hybridized carbons (Fsp3) is 0.444. The number of halogens is 1. The van der Waals surface area contributed by atoms with Gasteiger partial charge in [0, 0.05) is 38.0 Å². The van der Waals surface area contributed by atoms with Gasteiger partial charge in [-0.2, -0.15) is 0 Å². The second kappa shape index (κ2) is 11.4. The topological polar surface area (TPSA) is 92.9 Å². The zero-order valence-electron chi connectivity index (χ0n) is 20.9. The van der Waals surface area contributed by atoms with Gasteiger partial charge >= 0.3 is 0 Å². The number of hydrogen-bond donors (Lipinski definition) is 1. The van der Waals surface area contributed by atoms with E-state index in [0.29, 0.717) is 37.9 Å². The van der Waals surface area contributed by atoms with Crippen LogP contribution in [-0.2, 0) is 11.8 Å². The molecule has 2 saturated heterocycles. The van der Waals surface area contributed by atoms with Gasteiger partial charge in [-0.15, -0.1) is 0 Å². The molecule has 5 rings (SSSR count). The minimum absolute atomic E-state index is 0.234. The molecule has 37 heavy (non-hydrogen) atoms. The highest BCUT2D eigenvalue weighted by molar-refractivity contribution is 5.60. The van der Waals surface area contributed by atoms with Crippen LogP contribution >= 0.6 is 0 Å². The van der Waals surface area contributed by atoms with Crippen molar-refractivity contribution < 1.29 is 19.0 Å². The van der Waals surface area contributed by atoms with Crippen molar-refractivity contribution in [2.24, 2.45) is 7.05 Å². The first kappa shape index (κ1) is 25.3. The molecule has 2 aliphatic rings. The van der Waals surface area contributed by atoms with E-state index >= 15 is 0 Å². The Morgan fingerprint density at radius 1 is 1.19 bits per heavy atom. The predicted molar refractivity (Wildman–Crippen MR) is 137 cm³/mol. The minimum atomic E-state index is -0.528. The first-order chi connectivity index (χ1) is 18.0. The van der Waals surface area contributed by atoms with Crippen LogP contribution in [0.25, 0.3) is 11.3 Å². The zero-order chi connectivity index (χ0) is 25.8. The van der Waals surface area contributed by atoms with Crippen molar-refractivity contribution in [2.45, 2.75) is 25.0 Å². The summed E-state index contributed by atoms with van der Waals surface area (Å²) in [6, 6.07) is 10.5. The highest BCUT2D eigenvalue weighted by Gasteiger charge is 2.26. The van der Waals surface area contributed by atoms with E-state index in [4.69, 9.17) is 9.47 Å². The van der Waals surface area contributed by atoms with Crippen LogP contribution in [0.2, 0.25) is 0 Å². The highest BCUT2D eigenvalue weighted by atomic mass is 19.1. The van der Waals surface area contributed by atoms with E-state index in [1.807, 2.05) is 29.2 Å². The molecule has 0 amide bonds. The second-order valence-electron chi connectivity index (χ2n) is 9.54. The van der Waals surface area contributed by atoms with Crippen molar-refractivity contribution in [2.75, 3.05) is 50.8 Å². The van der Waals surface area contributed by atoms with Gasteiger partial charge in [0.25, 0.3) is 5.56 Å². The van der Waals surface area contributed by atoms with Crippen LogP contribution in [0.4, 0.5) is 10.3 Å². The Hall–Kier alpha value is -3.34. The lowest BCUT2D eigenvalue weighted by molar-refractivity contribution is 0.0389. The van der Waals surface area contributed by atoms with Gasteiger partial charge in [0.15, 0.2) is 5.82 Å². The molecule has 0 spiro atoms. The Morgan fingerprint density at radius 3 is 2.73 bits per heavy atom. The predicted octanol–water partition coefficient (Wildman–Crippen LogP) is 2.39. The molecule has 0 unspecified atom stereocenters. The maximum atomic E-state index is 14.3. The van der Waals surface area contributed by atoms with Crippen LogP contribution in [-0.4, -0.2) is 76.6 Å². The van der Waals surface area contributed by atoms with Crippen molar-refractivity contribution in [3.8, 4) is 17.0 Å². The normalized spacial score (nSPS) is 19.2. The molecule has 196 valence electrons. The van der Waals surface area contributed by atoms with Crippen LogP contribution in [0, 0.1) is 5.82 Å². The van der Waals surface area contributed by atoms with E-state index in [1.54, 1.807) is 7.05 Å². The van der Waals surface area contributed by atoms with Gasteiger partial charge in [-0.25, -0.2) is 9.37 Å². The van der Waals surface area contributed by atoms with Crippen LogP contribution in [0.1, 0.15) is 24.5 Å². The van der Waals surface area contributed by atoms with Gasteiger partial charge in [-0.3, -0.25) is 14.3 Å². The summed E-state index contributed by atoms with van der Waals surface area (Å²) >= 11 is 0. The van der Waals surface area contributed by atoms with E-state index in [1.165, 1.54) is 35.7 Å². The smallest absolute Gasteiger partial charge is 0.255 e. The highest BCUT2D eigenvalue weighted by Crippen LogP contribution is 2.28. The molecule has 3 aromatic rings. The molecule has 2 aliphatic heterocycles. The molecule has 1 N–H and O–H groups in total. The number of β-amino-alcohol motifs (C(OH)–C–C–N with tert-alkyl or cyclic N) is 1. The number of aliphatic hydroxyl groups is 1. The largest absolute Gasteiger partial charge is 0.491 e. The Kier molecular flexibility index (Phi) is 7.78. The summed E-state index contributed by atoms with van der Waals surface area (Å²) in [6.07, 6.45) is 4.21. The number of aliphatic hydroxyl groups excluding tert-OH is 1. The van der Waals surface area contributed by atoms with Gasteiger partial charge in [0.2, 0.25) is 5.95 Å². The Bertz CT molecular complexity index is 1260. The van der Waals surface area contributed by atoms with Crippen LogP contribution in [0.15, 0.2) is 53.6 Å². The van der Waals surface area contributed by atoms with Crippen molar-refractivity contribution in [1.82, 2.24) is 19.4 Å². The Morgan fingerprint density at radius 2 is 1.97 bits per heavy atom. The van der Waals surface area contributed by atoms with Crippen LogP contribution in [0.3, 0.4) is 0 Å². The standard InChI is InChI=1S/C27H32FN5O4/c1-31-26(35)14-24(22-8-9-29-15-23(22)28)30-27(31)33-12-13-36-25(17-33)19-4-6-21(7-5-19)37-18-20(34)16-32-10-2-3-11-32/h4-9,14-15,20,25,34H,2-3,10-13,16-18H2,1H3/t20-,25+/m0/s1. The number of anilines is 1. The van der Waals surface area contributed by atoms with Gasteiger partial charge in [0.1, 0.15) is 24.6 Å². The summed E-state index contributed by atoms with van der Waals surface area (Å²) in [4.78, 5) is 25.3. The van der Waals surface area contributed by atoms with E-state index in [0.717, 1.165) is 24.8 Å². The molecule has 0 saturated carbocycles. The Labute approximate surface area is 215 Å². The molecule has 0 bridgehead atoms. The number of likely N-dealkylation sites (tertiary alicyclic amines) is 1. The van der Waals surface area contributed by atoms with Gasteiger partial charge in [-0.1, -0.05) is 12.1 Å². The lowest BCUT2D eigenvalue weighted by atomic mass is 10.1. The van der Waals surface area contributed by atoms with Crippen molar-refractivity contribution in [1.29, 1.82) is 0 Å². The van der Waals surface area contributed by atoms with Gasteiger partial charge in [-0.05, 0) is 49.7 Å². The minimum Gasteiger partial charge on any atom is -0.491 e. The summed E-state index contributed by atoms with van der Waals surface area (Å²) in [7, 11) is 1.66. The average molecular weight is 510 g/mol. The molecule has 1 aromatic carbocycles. The lowest BCUT2D eigenvalue weighted by Gasteiger charge is -2.34. The maximum Gasteiger partial charge on any atom is 0.255 e. The van der Waals surface area contributed by atoms with Gasteiger partial charge in [0.05, 0.1) is 25.0 Å². The fourth-order valence-electron chi connectivity index (χ4n) is 4.85. The molecule has 4 heterocycles. The zero-order valence-corrected chi connectivity index (χ0v) is 20.9. The third kappa shape index (κ3) is 5.98. The molecule has 0 aliphatic carbocycles. The first-order valence-electron chi connectivity index (χ1n) is 12.7. The summed E-state index contributed by atoms with van der Waals surface area (Å²) in [5, 5.41) is 10.3. The van der Waals surface area contributed by atoms with Crippen LogP contribution < -0.4 is 15.2 Å². The van der Waals surface area contributed by atoms with E-state index in [-0.39, 0.29) is 29.5 Å². The van der Waals surface area contributed by atoms with Crippen molar-refractivity contribution in [3.63, 3.8) is 0 Å². The molecule has 2 aromatic heterocycles. The number of ether oxygens (including phenoxy) is 2. The van der Waals surface area contributed by atoms with Crippen molar-refractivity contribution >= 4 is 5.95 Å². The SMILES string of the molecule is Cn1c(N2CCO[C@@H](c3ccc(OC[C@@H](O)CN4CCCC4)cc3)C2)nc(-c2ccncc2F)cc1=O. The van der Waals surface area contributed by atoms with Gasteiger partial charge < -0.3 is 24.4 Å². The second-order valence-corrected chi connectivity index (χ2v) is 9.54. The molecule has 10 heteroatoms. The van der Waals surface area contributed by atoms with E-state index in [2.05, 4.69) is 14.9 Å². The monoisotopic (exact) mass is 509 g/mol. The number of aromatic nitrogens is 3. The number of benzene rings is 1. The third-order valence-electron chi connectivity index (χ3n) is 6.87. The van der Waals surface area contributed by atoms with E-state index < -0.39 is 11.9 Å². The van der Waals surface area contributed by atoms with Crippen LogP contribution in [0.5, 0.6) is 5.75 Å². The third-order valence-corrected chi connectivity index (χ3v) is 6.87. The number of hydrogen-bond acceptors (Lipinski definition) is 8. The molecular weight excluding hydrogens is 477 g/mol. The lowest BCUT2D eigenvalue weighted by Crippen LogP contribution is -2.41. The summed E-state index contributed by atoms with van der Waals surface area (Å²) in [5.74, 6) is 0.618. The summed E-state index contributed by atoms with van der Waals surface area (Å²) in [6.45, 7) is 4.45. The number of nitrogens with zero attached hydrogens (tertiary/aromatic N) is 5. The molecule has 2 fully saturated rings. The van der Waals surface area contributed by atoms with E-state index in [9.17, 15) is 14.3 Å². The average Bonchev–Trinajstić information content (AvgIpc) is 3.43. The number of rotatable bonds is 8. The molecule has 2 atom stereocenters.